The van der Waals surface area contributed by atoms with Gasteiger partial charge < -0.3 is 25.4 Å². The van der Waals surface area contributed by atoms with Crippen molar-refractivity contribution >= 4 is 35.1 Å². The second kappa shape index (κ2) is 13.3. The fourth-order valence-electron chi connectivity index (χ4n) is 4.66. The molecule has 3 aromatic rings. The molecular formula is C32H38N4O5. The molecule has 0 saturated heterocycles. The van der Waals surface area contributed by atoms with Crippen LogP contribution in [0.1, 0.15) is 60.7 Å². The number of urea groups is 1. The number of para-hydroxylation sites is 2. The Bertz CT molecular complexity index is 1380. The summed E-state index contributed by atoms with van der Waals surface area (Å²) in [4.78, 5) is 40.0. The SMILES string of the molecule is CC(C)(C)OC(=O)Nc1ccccc1NC(=O)c1ccc(CN(CCCO)C(=O)Nc2ccc3c(c2)CCC3)cc1. The monoisotopic (exact) mass is 558 g/mol. The highest BCUT2D eigenvalue weighted by Crippen LogP contribution is 2.26. The minimum Gasteiger partial charge on any atom is -0.444 e. The van der Waals surface area contributed by atoms with E-state index in [1.165, 1.54) is 11.1 Å². The molecule has 4 N–H and O–H groups in total. The normalized spacial score (nSPS) is 12.3. The van der Waals surface area contributed by atoms with Gasteiger partial charge in [0.15, 0.2) is 0 Å². The molecule has 9 nitrogen and oxygen atoms in total. The summed E-state index contributed by atoms with van der Waals surface area (Å²) < 4.78 is 5.31. The molecule has 0 heterocycles. The summed E-state index contributed by atoms with van der Waals surface area (Å²) in [6, 6.07) is 19.7. The van der Waals surface area contributed by atoms with Gasteiger partial charge in [-0.2, -0.15) is 0 Å². The highest BCUT2D eigenvalue weighted by molar-refractivity contribution is 6.06. The average molecular weight is 559 g/mol. The van der Waals surface area contributed by atoms with Crippen LogP contribution in [0.25, 0.3) is 0 Å². The summed E-state index contributed by atoms with van der Waals surface area (Å²) in [6.45, 7) is 6.01. The van der Waals surface area contributed by atoms with Gasteiger partial charge in [0, 0.05) is 30.9 Å². The Morgan fingerprint density at radius 3 is 2.24 bits per heavy atom. The predicted molar refractivity (Wildman–Crippen MR) is 160 cm³/mol. The van der Waals surface area contributed by atoms with Crippen molar-refractivity contribution in [2.24, 2.45) is 0 Å². The van der Waals surface area contributed by atoms with Crippen LogP contribution in [0, 0.1) is 0 Å². The lowest BCUT2D eigenvalue weighted by Gasteiger charge is -2.23. The summed E-state index contributed by atoms with van der Waals surface area (Å²) >= 11 is 0. The van der Waals surface area contributed by atoms with Crippen molar-refractivity contribution < 1.29 is 24.2 Å². The van der Waals surface area contributed by atoms with E-state index in [4.69, 9.17) is 4.74 Å². The minimum absolute atomic E-state index is 0.0218. The Morgan fingerprint density at radius 1 is 0.878 bits per heavy atom. The number of benzene rings is 3. The van der Waals surface area contributed by atoms with Crippen LogP contribution in [0.4, 0.5) is 26.7 Å². The first-order chi connectivity index (χ1) is 19.6. The van der Waals surface area contributed by atoms with Gasteiger partial charge in [-0.05, 0) is 99.5 Å². The van der Waals surface area contributed by atoms with Gasteiger partial charge in [-0.3, -0.25) is 10.1 Å². The molecule has 0 saturated carbocycles. The summed E-state index contributed by atoms with van der Waals surface area (Å²) in [5.74, 6) is -0.346. The second-order valence-corrected chi connectivity index (χ2v) is 11.1. The van der Waals surface area contributed by atoms with Crippen LogP contribution in [0.5, 0.6) is 0 Å². The predicted octanol–water partition coefficient (Wildman–Crippen LogP) is 6.19. The Labute approximate surface area is 240 Å². The first-order valence-electron chi connectivity index (χ1n) is 13.9. The molecule has 0 aliphatic heterocycles. The molecule has 0 bridgehead atoms. The van der Waals surface area contributed by atoms with Gasteiger partial charge in [-0.15, -0.1) is 0 Å². The van der Waals surface area contributed by atoms with Gasteiger partial charge in [0.2, 0.25) is 0 Å². The smallest absolute Gasteiger partial charge is 0.412 e. The van der Waals surface area contributed by atoms with E-state index in [1.54, 1.807) is 74.2 Å². The van der Waals surface area contributed by atoms with Crippen LogP contribution < -0.4 is 16.0 Å². The fraction of sp³-hybridized carbons (Fsp3) is 0.344. The van der Waals surface area contributed by atoms with E-state index in [0.29, 0.717) is 36.4 Å². The number of carbonyl (C=O) groups excluding carboxylic acids is 3. The lowest BCUT2D eigenvalue weighted by atomic mass is 10.1. The van der Waals surface area contributed by atoms with Crippen molar-refractivity contribution in [3.63, 3.8) is 0 Å². The number of amides is 4. The molecular weight excluding hydrogens is 520 g/mol. The largest absolute Gasteiger partial charge is 0.444 e. The zero-order chi connectivity index (χ0) is 29.4. The van der Waals surface area contributed by atoms with E-state index >= 15 is 0 Å². The lowest BCUT2D eigenvalue weighted by molar-refractivity contribution is 0.0635. The van der Waals surface area contributed by atoms with Crippen LogP contribution in [-0.4, -0.2) is 46.8 Å². The summed E-state index contributed by atoms with van der Waals surface area (Å²) in [5.41, 5.74) is 4.85. The van der Waals surface area contributed by atoms with Gasteiger partial charge >= 0.3 is 12.1 Å². The number of hydrogen-bond donors (Lipinski definition) is 4. The van der Waals surface area contributed by atoms with E-state index < -0.39 is 11.7 Å². The number of rotatable bonds is 9. The molecule has 1 aliphatic carbocycles. The van der Waals surface area contributed by atoms with Gasteiger partial charge in [-0.25, -0.2) is 9.59 Å². The van der Waals surface area contributed by atoms with Crippen molar-refractivity contribution in [3.05, 3.63) is 89.0 Å². The Balaban J connectivity index is 1.39. The molecule has 0 unspecified atom stereocenters. The van der Waals surface area contributed by atoms with E-state index in [-0.39, 0.29) is 18.5 Å². The van der Waals surface area contributed by atoms with Crippen molar-refractivity contribution in [3.8, 4) is 0 Å². The summed E-state index contributed by atoms with van der Waals surface area (Å²) in [7, 11) is 0. The standard InChI is InChI=1S/C32H38N4O5/c1-32(2,3)41-31(40)35-28-11-5-4-10-27(28)34-29(38)24-14-12-22(13-15-24)21-36(18-7-19-37)30(39)33-26-17-16-23-8-6-9-25(23)20-26/h4-5,10-17,20,37H,6-9,18-19,21H2,1-3H3,(H,33,39)(H,34,38)(H,35,40). The number of carbonyl (C=O) groups is 3. The van der Waals surface area contributed by atoms with Crippen LogP contribution in [0.2, 0.25) is 0 Å². The van der Waals surface area contributed by atoms with Gasteiger partial charge in [-0.1, -0.05) is 30.3 Å². The molecule has 0 atom stereocenters. The first kappa shape index (κ1) is 29.6. The van der Waals surface area contributed by atoms with Gasteiger partial charge in [0.1, 0.15) is 5.60 Å². The molecule has 0 spiro atoms. The maximum atomic E-state index is 13.1. The molecule has 0 radical (unpaired) electrons. The zero-order valence-electron chi connectivity index (χ0n) is 23.8. The van der Waals surface area contributed by atoms with Crippen molar-refractivity contribution in [1.29, 1.82) is 0 Å². The molecule has 216 valence electrons. The highest BCUT2D eigenvalue weighted by atomic mass is 16.6. The van der Waals surface area contributed by atoms with Crippen LogP contribution >= 0.6 is 0 Å². The number of anilines is 3. The topological polar surface area (TPSA) is 120 Å². The van der Waals surface area contributed by atoms with Crippen LogP contribution in [-0.2, 0) is 24.1 Å². The number of ether oxygens (including phenoxy) is 1. The Hall–Kier alpha value is -4.37. The van der Waals surface area contributed by atoms with Crippen molar-refractivity contribution in [1.82, 2.24) is 4.90 Å². The van der Waals surface area contributed by atoms with Crippen molar-refractivity contribution in [2.75, 3.05) is 29.1 Å². The Kier molecular flexibility index (Phi) is 9.62. The fourth-order valence-corrected chi connectivity index (χ4v) is 4.66. The van der Waals surface area contributed by atoms with E-state index in [2.05, 4.69) is 22.0 Å². The molecule has 41 heavy (non-hydrogen) atoms. The molecule has 4 rings (SSSR count). The number of aryl methyl sites for hydroxylation is 2. The minimum atomic E-state index is -0.653. The first-order valence-corrected chi connectivity index (χ1v) is 13.9. The van der Waals surface area contributed by atoms with Crippen LogP contribution in [0.15, 0.2) is 66.7 Å². The second-order valence-electron chi connectivity index (χ2n) is 11.1. The molecule has 0 aromatic heterocycles. The average Bonchev–Trinajstić information content (AvgIpc) is 3.39. The van der Waals surface area contributed by atoms with Crippen LogP contribution in [0.3, 0.4) is 0 Å². The van der Waals surface area contributed by atoms with E-state index in [0.717, 1.165) is 30.5 Å². The Morgan fingerprint density at radius 2 is 1.56 bits per heavy atom. The van der Waals surface area contributed by atoms with Gasteiger partial charge in [0.25, 0.3) is 5.91 Å². The molecule has 0 fully saturated rings. The molecule has 3 aromatic carbocycles. The lowest BCUT2D eigenvalue weighted by Crippen LogP contribution is -2.35. The zero-order valence-corrected chi connectivity index (χ0v) is 23.8. The van der Waals surface area contributed by atoms with E-state index in [1.807, 2.05) is 12.1 Å². The maximum absolute atomic E-state index is 13.1. The summed E-state index contributed by atoms with van der Waals surface area (Å²) in [6.07, 6.45) is 3.08. The third kappa shape index (κ3) is 8.56. The quantitative estimate of drug-likeness (QED) is 0.250. The number of aliphatic hydroxyl groups is 1. The van der Waals surface area contributed by atoms with E-state index in [9.17, 15) is 19.5 Å². The number of nitrogens with zero attached hydrogens (tertiary/aromatic N) is 1. The maximum Gasteiger partial charge on any atom is 0.412 e. The molecule has 1 aliphatic rings. The number of aliphatic hydroxyl groups excluding tert-OH is 1. The number of hydrogen-bond acceptors (Lipinski definition) is 5. The third-order valence-corrected chi connectivity index (χ3v) is 6.62. The van der Waals surface area contributed by atoms with Crippen molar-refractivity contribution in [2.45, 2.75) is 58.6 Å². The van der Waals surface area contributed by atoms with Gasteiger partial charge in [0.05, 0.1) is 11.4 Å². The third-order valence-electron chi connectivity index (χ3n) is 6.62. The number of nitrogens with one attached hydrogen (secondary N) is 3. The summed E-state index contributed by atoms with van der Waals surface area (Å²) in [5, 5.41) is 17.9. The molecule has 9 heteroatoms. The molecule has 4 amide bonds. The highest BCUT2D eigenvalue weighted by Gasteiger charge is 2.19. The number of fused-ring (bicyclic) bond motifs is 1.